The van der Waals surface area contributed by atoms with Crippen LogP contribution in [0.1, 0.15) is 76.3 Å². The van der Waals surface area contributed by atoms with Crippen LogP contribution >= 0.6 is 11.3 Å². The van der Waals surface area contributed by atoms with Crippen molar-refractivity contribution in [1.82, 2.24) is 0 Å². The summed E-state index contributed by atoms with van der Waals surface area (Å²) in [6.45, 7) is 18.6. The molecule has 1 aromatic heterocycles. The number of hydrogen-bond donors (Lipinski definition) is 0. The maximum atomic E-state index is 2.40. The Hall–Kier alpha value is -1.34. The fraction of sp³-hybridized carbons (Fsp3) is 0.500. The van der Waals surface area contributed by atoms with Crippen LogP contribution in [0.3, 0.4) is 0 Å². The first-order valence-corrected chi connectivity index (χ1v) is 10.1. The van der Waals surface area contributed by atoms with E-state index in [1.165, 1.54) is 20.9 Å². The molecule has 0 bridgehead atoms. The van der Waals surface area contributed by atoms with E-state index in [4.69, 9.17) is 0 Å². The fourth-order valence-corrected chi connectivity index (χ4v) is 4.29. The van der Waals surface area contributed by atoms with Gasteiger partial charge in [0.25, 0.3) is 0 Å². The van der Waals surface area contributed by atoms with Gasteiger partial charge in [-0.05, 0) is 34.1 Å². The van der Waals surface area contributed by atoms with E-state index in [1.54, 1.807) is 0 Å². The summed E-state index contributed by atoms with van der Waals surface area (Å²) >= 11 is 1.91. The summed E-state index contributed by atoms with van der Waals surface area (Å²) in [6.07, 6.45) is 19.0. The van der Waals surface area contributed by atoms with E-state index < -0.39 is 0 Å². The molecule has 2 atom stereocenters. The molecular formula is C24H32S. The van der Waals surface area contributed by atoms with Gasteiger partial charge >= 0.3 is 0 Å². The fourth-order valence-electron chi connectivity index (χ4n) is 3.21. The standard InChI is InChI=1S/C24H32S/c1-21(2,3)23(7)13-9-17-18-10-14-24(8,22(4,5)6)16-12-20(18)25-19(17)11-15-23/h9-16H,1-8H3. The van der Waals surface area contributed by atoms with Crippen LogP contribution in [0.25, 0.3) is 24.3 Å². The Labute approximate surface area is 158 Å². The zero-order valence-corrected chi connectivity index (χ0v) is 17.8. The second kappa shape index (κ2) is 5.58. The zero-order valence-electron chi connectivity index (χ0n) is 17.0. The second-order valence-electron chi connectivity index (χ2n) is 10.1. The summed E-state index contributed by atoms with van der Waals surface area (Å²) < 4.78 is 0. The molecule has 2 aliphatic rings. The molecule has 3 rings (SSSR count). The van der Waals surface area contributed by atoms with Gasteiger partial charge in [0.1, 0.15) is 0 Å². The van der Waals surface area contributed by atoms with Gasteiger partial charge in [-0.2, -0.15) is 0 Å². The molecule has 0 radical (unpaired) electrons. The Morgan fingerprint density at radius 3 is 1.24 bits per heavy atom. The molecule has 0 saturated heterocycles. The van der Waals surface area contributed by atoms with Crippen LogP contribution in [0.2, 0.25) is 0 Å². The van der Waals surface area contributed by atoms with E-state index in [0.717, 1.165) is 0 Å². The Balaban J connectivity index is 2.08. The summed E-state index contributed by atoms with van der Waals surface area (Å²) in [5, 5.41) is 0. The summed E-state index contributed by atoms with van der Waals surface area (Å²) in [4.78, 5) is 2.76. The Bertz CT molecular complexity index is 732. The minimum Gasteiger partial charge on any atom is -0.135 e. The number of rotatable bonds is 0. The van der Waals surface area contributed by atoms with Gasteiger partial charge in [0, 0.05) is 20.6 Å². The third-order valence-corrected chi connectivity index (χ3v) is 7.78. The molecular weight excluding hydrogens is 320 g/mol. The number of allylic oxidation sites excluding steroid dienone is 4. The highest BCUT2D eigenvalue weighted by molar-refractivity contribution is 7.14. The van der Waals surface area contributed by atoms with E-state index in [2.05, 4.69) is 104 Å². The number of fused-ring (bicyclic) bond motifs is 3. The smallest absolute Gasteiger partial charge is 0.0352 e. The van der Waals surface area contributed by atoms with Crippen LogP contribution in [0.15, 0.2) is 24.3 Å². The highest BCUT2D eigenvalue weighted by Gasteiger charge is 2.35. The van der Waals surface area contributed by atoms with Crippen molar-refractivity contribution in [3.05, 3.63) is 45.2 Å². The van der Waals surface area contributed by atoms with Crippen molar-refractivity contribution >= 4 is 35.6 Å². The van der Waals surface area contributed by atoms with E-state index in [0.29, 0.717) is 0 Å². The molecule has 0 spiro atoms. The first-order chi connectivity index (χ1) is 11.4. The van der Waals surface area contributed by atoms with Crippen LogP contribution < -0.4 is 0 Å². The van der Waals surface area contributed by atoms with E-state index >= 15 is 0 Å². The zero-order chi connectivity index (χ0) is 18.7. The predicted octanol–water partition coefficient (Wildman–Crippen LogP) is 7.93. The molecule has 0 nitrogen and oxygen atoms in total. The second-order valence-corrected chi connectivity index (χ2v) is 11.1. The van der Waals surface area contributed by atoms with Gasteiger partial charge in [0.2, 0.25) is 0 Å². The lowest BCUT2D eigenvalue weighted by atomic mass is 9.67. The molecule has 2 unspecified atom stereocenters. The van der Waals surface area contributed by atoms with Gasteiger partial charge in [-0.15, -0.1) is 11.3 Å². The maximum Gasteiger partial charge on any atom is 0.0352 e. The lowest BCUT2D eigenvalue weighted by Crippen LogP contribution is -2.28. The maximum absolute atomic E-state index is 2.40. The normalized spacial score (nSPS) is 28.5. The Morgan fingerprint density at radius 2 is 0.920 bits per heavy atom. The topological polar surface area (TPSA) is 0 Å². The molecule has 0 amide bonds. The summed E-state index contributed by atoms with van der Waals surface area (Å²) in [5.74, 6) is 0. The minimum atomic E-state index is 0.0723. The molecule has 0 N–H and O–H groups in total. The molecule has 1 aromatic rings. The number of hydrogen-bond acceptors (Lipinski definition) is 1. The van der Waals surface area contributed by atoms with Crippen molar-refractivity contribution in [2.45, 2.75) is 55.4 Å². The van der Waals surface area contributed by atoms with Crippen LogP contribution in [-0.2, 0) is 0 Å². The van der Waals surface area contributed by atoms with Gasteiger partial charge in [0.05, 0.1) is 0 Å². The molecule has 0 aliphatic heterocycles. The van der Waals surface area contributed by atoms with Gasteiger partial charge in [-0.3, -0.25) is 0 Å². The van der Waals surface area contributed by atoms with Crippen LogP contribution in [0.5, 0.6) is 0 Å². The largest absolute Gasteiger partial charge is 0.135 e. The first-order valence-electron chi connectivity index (χ1n) is 9.30. The molecule has 1 heteroatoms. The summed E-state index contributed by atoms with van der Waals surface area (Å²) in [7, 11) is 0. The predicted molar refractivity (Wildman–Crippen MR) is 116 cm³/mol. The Kier molecular flexibility index (Phi) is 4.12. The summed E-state index contributed by atoms with van der Waals surface area (Å²) in [5.41, 5.74) is 3.30. The number of thiophene rings is 1. The third kappa shape index (κ3) is 3.01. The van der Waals surface area contributed by atoms with Crippen molar-refractivity contribution in [3.8, 4) is 0 Å². The quantitative estimate of drug-likeness (QED) is 0.444. The van der Waals surface area contributed by atoms with Gasteiger partial charge in [-0.1, -0.05) is 91.8 Å². The van der Waals surface area contributed by atoms with Crippen molar-refractivity contribution in [2.24, 2.45) is 21.7 Å². The van der Waals surface area contributed by atoms with Gasteiger partial charge in [-0.25, -0.2) is 0 Å². The molecule has 1 heterocycles. The Morgan fingerprint density at radius 1 is 0.600 bits per heavy atom. The van der Waals surface area contributed by atoms with E-state index in [-0.39, 0.29) is 21.7 Å². The van der Waals surface area contributed by atoms with Crippen molar-refractivity contribution < 1.29 is 0 Å². The lowest BCUT2D eigenvalue weighted by molar-refractivity contribution is 0.230. The van der Waals surface area contributed by atoms with Gasteiger partial charge in [0.15, 0.2) is 0 Å². The monoisotopic (exact) mass is 352 g/mol. The van der Waals surface area contributed by atoms with Crippen LogP contribution in [0, 0.1) is 21.7 Å². The SMILES string of the molecule is CC(C)(C)C1(C)C=Cc2sc3c(c2C=C1)C=CC(C)(C(C)(C)C)C=C3. The average Bonchev–Trinajstić information content (AvgIpc) is 2.59. The molecule has 0 aromatic carbocycles. The van der Waals surface area contributed by atoms with Crippen molar-refractivity contribution in [3.63, 3.8) is 0 Å². The molecule has 2 aliphatic carbocycles. The van der Waals surface area contributed by atoms with E-state index in [9.17, 15) is 0 Å². The average molecular weight is 353 g/mol. The highest BCUT2D eigenvalue weighted by atomic mass is 32.1. The molecule has 25 heavy (non-hydrogen) atoms. The minimum absolute atomic E-state index is 0.0723. The van der Waals surface area contributed by atoms with Crippen LogP contribution in [-0.4, -0.2) is 0 Å². The lowest BCUT2D eigenvalue weighted by Gasteiger charge is -2.37. The molecule has 0 saturated carbocycles. The van der Waals surface area contributed by atoms with Gasteiger partial charge < -0.3 is 0 Å². The van der Waals surface area contributed by atoms with Crippen molar-refractivity contribution in [2.75, 3.05) is 0 Å². The molecule has 0 fully saturated rings. The third-order valence-electron chi connectivity index (χ3n) is 6.63. The van der Waals surface area contributed by atoms with E-state index in [1.807, 2.05) is 11.3 Å². The first kappa shape index (κ1) is 18.5. The molecule has 134 valence electrons. The van der Waals surface area contributed by atoms with Crippen LogP contribution in [0.4, 0.5) is 0 Å². The highest BCUT2D eigenvalue weighted by Crippen LogP contribution is 2.48. The van der Waals surface area contributed by atoms with Crippen molar-refractivity contribution in [1.29, 1.82) is 0 Å². The summed E-state index contributed by atoms with van der Waals surface area (Å²) in [6, 6.07) is 0.